The van der Waals surface area contributed by atoms with E-state index in [1.54, 1.807) is 4.68 Å². The zero-order valence-corrected chi connectivity index (χ0v) is 9.17. The number of aryl methyl sites for hydroxylation is 1. The maximum absolute atomic E-state index is 9.16. The summed E-state index contributed by atoms with van der Waals surface area (Å²) in [6.07, 6.45) is 2.00. The van der Waals surface area contributed by atoms with Crippen molar-refractivity contribution in [3.05, 3.63) is 23.5 Å². The Labute approximate surface area is 85.1 Å². The van der Waals surface area contributed by atoms with Crippen molar-refractivity contribution in [2.24, 2.45) is 7.05 Å². The molecule has 0 aliphatic heterocycles. The largest absolute Gasteiger partial charge is 0.390 e. The first-order valence-electron chi connectivity index (χ1n) is 4.93. The number of aromatic nitrogens is 2. The van der Waals surface area contributed by atoms with E-state index < -0.39 is 0 Å². The lowest BCUT2D eigenvalue weighted by Gasteiger charge is -2.04. The molecule has 1 N–H and O–H groups in total. The molecule has 78 valence electrons. The van der Waals surface area contributed by atoms with Crippen molar-refractivity contribution in [1.82, 2.24) is 9.78 Å². The van der Waals surface area contributed by atoms with Crippen LogP contribution in [0.5, 0.6) is 0 Å². The van der Waals surface area contributed by atoms with Gasteiger partial charge in [0, 0.05) is 12.6 Å². The summed E-state index contributed by atoms with van der Waals surface area (Å²) in [5.41, 5.74) is 4.00. The first-order chi connectivity index (χ1) is 6.61. The Morgan fingerprint density at radius 1 is 1.57 bits per heavy atom. The average molecular weight is 194 g/mol. The third-order valence-corrected chi connectivity index (χ3v) is 2.28. The molecule has 0 radical (unpaired) electrons. The van der Waals surface area contributed by atoms with Gasteiger partial charge in [0.2, 0.25) is 0 Å². The predicted octanol–water partition coefficient (Wildman–Crippen LogP) is 1.90. The summed E-state index contributed by atoms with van der Waals surface area (Å²) >= 11 is 0. The van der Waals surface area contributed by atoms with Crippen LogP contribution in [0.2, 0.25) is 0 Å². The molecular formula is C11H18N2O. The van der Waals surface area contributed by atoms with Gasteiger partial charge in [0.25, 0.3) is 0 Å². The molecular weight excluding hydrogens is 176 g/mol. The van der Waals surface area contributed by atoms with E-state index in [1.807, 2.05) is 14.0 Å². The topological polar surface area (TPSA) is 38.1 Å². The highest BCUT2D eigenvalue weighted by Crippen LogP contribution is 2.21. The fraction of sp³-hybridized carbons (Fsp3) is 0.545. The second-order valence-corrected chi connectivity index (χ2v) is 3.59. The molecule has 0 aromatic carbocycles. The third kappa shape index (κ3) is 1.87. The fourth-order valence-electron chi connectivity index (χ4n) is 1.80. The van der Waals surface area contributed by atoms with Crippen molar-refractivity contribution in [2.75, 3.05) is 0 Å². The summed E-state index contributed by atoms with van der Waals surface area (Å²) in [5.74, 6) is 0. The minimum atomic E-state index is 0.0104. The average Bonchev–Trinajstić information content (AvgIpc) is 2.43. The Morgan fingerprint density at radius 2 is 2.21 bits per heavy atom. The number of rotatable bonds is 4. The Morgan fingerprint density at radius 3 is 2.64 bits per heavy atom. The molecule has 3 nitrogen and oxygen atoms in total. The van der Waals surface area contributed by atoms with Crippen molar-refractivity contribution < 1.29 is 5.11 Å². The minimum absolute atomic E-state index is 0.0104. The van der Waals surface area contributed by atoms with Gasteiger partial charge in [-0.15, -0.1) is 0 Å². The second-order valence-electron chi connectivity index (χ2n) is 3.59. The van der Waals surface area contributed by atoms with Gasteiger partial charge in [0.1, 0.15) is 0 Å². The monoisotopic (exact) mass is 194 g/mol. The van der Waals surface area contributed by atoms with E-state index in [-0.39, 0.29) is 6.61 Å². The highest BCUT2D eigenvalue weighted by atomic mass is 16.3. The maximum atomic E-state index is 9.16. The molecule has 0 unspecified atom stereocenters. The second kappa shape index (κ2) is 4.42. The Hall–Kier alpha value is -1.09. The predicted molar refractivity (Wildman–Crippen MR) is 57.8 cm³/mol. The van der Waals surface area contributed by atoms with E-state index in [0.29, 0.717) is 0 Å². The summed E-state index contributed by atoms with van der Waals surface area (Å²) in [6.45, 7) is 8.04. The molecule has 0 saturated carbocycles. The van der Waals surface area contributed by atoms with Gasteiger partial charge in [0.05, 0.1) is 18.0 Å². The lowest BCUT2D eigenvalue weighted by Crippen LogP contribution is -1.97. The molecule has 0 bridgehead atoms. The molecule has 0 spiro atoms. The normalized spacial score (nSPS) is 10.6. The Bertz CT molecular complexity index is 339. The van der Waals surface area contributed by atoms with Crippen molar-refractivity contribution in [3.8, 4) is 0 Å². The molecule has 0 fully saturated rings. The number of aliphatic hydroxyl groups excluding tert-OH is 1. The molecule has 1 aromatic heterocycles. The van der Waals surface area contributed by atoms with E-state index >= 15 is 0 Å². The third-order valence-electron chi connectivity index (χ3n) is 2.28. The number of allylic oxidation sites excluding steroid dienone is 1. The van der Waals surface area contributed by atoms with Crippen LogP contribution in [0.1, 0.15) is 37.2 Å². The molecule has 0 atom stereocenters. The first kappa shape index (κ1) is 11.0. The summed E-state index contributed by atoms with van der Waals surface area (Å²) in [5, 5.41) is 13.4. The van der Waals surface area contributed by atoms with Crippen molar-refractivity contribution in [2.45, 2.75) is 33.3 Å². The molecule has 0 aliphatic carbocycles. The van der Waals surface area contributed by atoms with Crippen LogP contribution in [0.3, 0.4) is 0 Å². The summed E-state index contributed by atoms with van der Waals surface area (Å²) < 4.78 is 1.80. The number of nitrogens with zero attached hydrogens (tertiary/aromatic N) is 2. The fourth-order valence-corrected chi connectivity index (χ4v) is 1.80. The minimum Gasteiger partial charge on any atom is -0.390 e. The quantitative estimate of drug-likeness (QED) is 0.795. The van der Waals surface area contributed by atoms with Gasteiger partial charge in [-0.3, -0.25) is 4.68 Å². The van der Waals surface area contributed by atoms with Crippen molar-refractivity contribution in [3.63, 3.8) is 0 Å². The zero-order chi connectivity index (χ0) is 10.7. The van der Waals surface area contributed by atoms with E-state index in [4.69, 9.17) is 5.11 Å². The summed E-state index contributed by atoms with van der Waals surface area (Å²) in [6, 6.07) is 0. The van der Waals surface area contributed by atoms with Crippen LogP contribution in [0.4, 0.5) is 0 Å². The van der Waals surface area contributed by atoms with Crippen LogP contribution in [-0.4, -0.2) is 14.9 Å². The zero-order valence-electron chi connectivity index (χ0n) is 9.17. The molecule has 0 amide bonds. The van der Waals surface area contributed by atoms with Crippen LogP contribution in [-0.2, 0) is 20.1 Å². The molecule has 0 aliphatic rings. The lowest BCUT2D eigenvalue weighted by atomic mass is 10.0. The van der Waals surface area contributed by atoms with Crippen LogP contribution in [0.25, 0.3) is 5.57 Å². The standard InChI is InChI=1S/C11H18N2O/c1-5-6-9-10(7-14)12-13(4)11(9)8(2)3/h14H,2,5-7H2,1,3-4H3. The molecule has 0 saturated heterocycles. The molecule has 1 aromatic rings. The van der Waals surface area contributed by atoms with Crippen molar-refractivity contribution in [1.29, 1.82) is 0 Å². The van der Waals surface area contributed by atoms with E-state index in [2.05, 4.69) is 18.6 Å². The van der Waals surface area contributed by atoms with Crippen LogP contribution < -0.4 is 0 Å². The molecule has 3 heteroatoms. The van der Waals surface area contributed by atoms with E-state index in [9.17, 15) is 0 Å². The lowest BCUT2D eigenvalue weighted by molar-refractivity contribution is 0.274. The number of hydrogen-bond acceptors (Lipinski definition) is 2. The molecule has 14 heavy (non-hydrogen) atoms. The van der Waals surface area contributed by atoms with Gasteiger partial charge in [-0.05, 0) is 18.9 Å². The van der Waals surface area contributed by atoms with Crippen LogP contribution in [0.15, 0.2) is 6.58 Å². The summed E-state index contributed by atoms with van der Waals surface area (Å²) in [7, 11) is 1.89. The van der Waals surface area contributed by atoms with Gasteiger partial charge in [-0.25, -0.2) is 0 Å². The van der Waals surface area contributed by atoms with Crippen LogP contribution in [0, 0.1) is 0 Å². The highest BCUT2D eigenvalue weighted by molar-refractivity contribution is 5.62. The maximum Gasteiger partial charge on any atom is 0.0917 e. The summed E-state index contributed by atoms with van der Waals surface area (Å²) in [4.78, 5) is 0. The molecule has 1 heterocycles. The highest BCUT2D eigenvalue weighted by Gasteiger charge is 2.14. The van der Waals surface area contributed by atoms with Gasteiger partial charge in [-0.2, -0.15) is 5.10 Å². The number of hydrogen-bond donors (Lipinski definition) is 1. The van der Waals surface area contributed by atoms with Crippen molar-refractivity contribution >= 4 is 5.57 Å². The molecule has 1 rings (SSSR count). The Kier molecular flexibility index (Phi) is 3.47. The van der Waals surface area contributed by atoms with Gasteiger partial charge >= 0.3 is 0 Å². The van der Waals surface area contributed by atoms with Crippen LogP contribution >= 0.6 is 0 Å². The first-order valence-corrected chi connectivity index (χ1v) is 4.93. The number of aliphatic hydroxyl groups is 1. The van der Waals surface area contributed by atoms with E-state index in [1.165, 1.54) is 0 Å². The van der Waals surface area contributed by atoms with Gasteiger partial charge < -0.3 is 5.11 Å². The smallest absolute Gasteiger partial charge is 0.0917 e. The SMILES string of the molecule is C=C(C)c1c(CCC)c(CO)nn1C. The van der Waals surface area contributed by atoms with Gasteiger partial charge in [0.15, 0.2) is 0 Å². The van der Waals surface area contributed by atoms with Gasteiger partial charge in [-0.1, -0.05) is 19.9 Å². The Balaban J connectivity index is 3.23. The van der Waals surface area contributed by atoms with E-state index in [0.717, 1.165) is 35.4 Å².